The van der Waals surface area contributed by atoms with Gasteiger partial charge in [0, 0.05) is 13.0 Å². The normalized spacial score (nSPS) is 12.3. The summed E-state index contributed by atoms with van der Waals surface area (Å²) < 4.78 is 10.4. The lowest BCUT2D eigenvalue weighted by Crippen LogP contribution is -2.24. The number of hydrogen-bond donors (Lipinski definition) is 1. The Bertz CT molecular complexity index is 256. The molecule has 0 fully saturated rings. The van der Waals surface area contributed by atoms with Crippen molar-refractivity contribution in [1.82, 2.24) is 0 Å². The largest absolute Gasteiger partial charge is 0.463 e. The van der Waals surface area contributed by atoms with Gasteiger partial charge in [0.1, 0.15) is 12.7 Å². The number of rotatable bonds is 17. The van der Waals surface area contributed by atoms with E-state index in [1.807, 2.05) is 0 Å². The molecule has 0 aromatic rings. The molecular weight excluding hydrogens is 292 g/mol. The van der Waals surface area contributed by atoms with Crippen molar-refractivity contribution < 1.29 is 19.4 Å². The third-order valence-electron chi connectivity index (χ3n) is 3.87. The van der Waals surface area contributed by atoms with E-state index in [0.29, 0.717) is 13.0 Å². The predicted octanol–water partition coefficient (Wildman–Crippen LogP) is 4.63. The van der Waals surface area contributed by atoms with Gasteiger partial charge in [-0.05, 0) is 12.8 Å². The highest BCUT2D eigenvalue weighted by Gasteiger charge is 2.08. The molecule has 138 valence electrons. The van der Waals surface area contributed by atoms with Gasteiger partial charge in [-0.25, -0.2) is 0 Å². The zero-order valence-electron chi connectivity index (χ0n) is 15.4. The van der Waals surface area contributed by atoms with E-state index in [1.165, 1.54) is 44.9 Å². The monoisotopic (exact) mass is 330 g/mol. The molecule has 0 bridgehead atoms. The Labute approximate surface area is 142 Å². The minimum atomic E-state index is -0.709. The van der Waals surface area contributed by atoms with Crippen molar-refractivity contribution in [1.29, 1.82) is 0 Å². The second kappa shape index (κ2) is 17.7. The summed E-state index contributed by atoms with van der Waals surface area (Å²) in [6.07, 6.45) is 12.9. The Morgan fingerprint density at radius 2 is 1.39 bits per heavy atom. The lowest BCUT2D eigenvalue weighted by atomic mass is 10.1. The van der Waals surface area contributed by atoms with Gasteiger partial charge in [-0.15, -0.1) is 0 Å². The van der Waals surface area contributed by atoms with E-state index < -0.39 is 6.10 Å². The van der Waals surface area contributed by atoms with Crippen LogP contribution in [0.25, 0.3) is 0 Å². The van der Waals surface area contributed by atoms with Gasteiger partial charge >= 0.3 is 5.97 Å². The highest BCUT2D eigenvalue weighted by molar-refractivity contribution is 5.69. The van der Waals surface area contributed by atoms with E-state index in [1.54, 1.807) is 0 Å². The molecule has 0 aliphatic carbocycles. The molecule has 0 aliphatic heterocycles. The van der Waals surface area contributed by atoms with E-state index >= 15 is 0 Å². The summed E-state index contributed by atoms with van der Waals surface area (Å²) in [7, 11) is 0. The van der Waals surface area contributed by atoms with Gasteiger partial charge < -0.3 is 14.6 Å². The van der Waals surface area contributed by atoms with E-state index in [4.69, 9.17) is 9.47 Å². The van der Waals surface area contributed by atoms with Crippen LogP contribution in [0.4, 0.5) is 0 Å². The molecule has 0 aliphatic rings. The van der Waals surface area contributed by atoms with Gasteiger partial charge in [-0.2, -0.15) is 0 Å². The average Bonchev–Trinajstić information content (AvgIpc) is 2.55. The number of aliphatic hydroxyl groups excluding tert-OH is 1. The summed E-state index contributed by atoms with van der Waals surface area (Å²) in [5.41, 5.74) is 0. The van der Waals surface area contributed by atoms with Crippen molar-refractivity contribution in [3.8, 4) is 0 Å². The summed E-state index contributed by atoms with van der Waals surface area (Å²) in [6.45, 7) is 5.26. The van der Waals surface area contributed by atoms with Crippen LogP contribution in [0.5, 0.6) is 0 Å². The molecule has 1 N–H and O–H groups in total. The molecule has 4 heteroatoms. The lowest BCUT2D eigenvalue weighted by molar-refractivity contribution is -0.147. The highest BCUT2D eigenvalue weighted by Crippen LogP contribution is 2.10. The molecule has 0 spiro atoms. The third-order valence-corrected chi connectivity index (χ3v) is 3.87. The van der Waals surface area contributed by atoms with Crippen LogP contribution in [0.3, 0.4) is 0 Å². The minimum absolute atomic E-state index is 0.0440. The predicted molar refractivity (Wildman–Crippen MR) is 94.5 cm³/mol. The van der Waals surface area contributed by atoms with Crippen molar-refractivity contribution in [2.24, 2.45) is 0 Å². The van der Waals surface area contributed by atoms with Crippen LogP contribution in [0.1, 0.15) is 90.9 Å². The Balaban J connectivity index is 3.30. The SMILES string of the molecule is CCCCCCCCCCCC(=O)OCC(O)COCCCC. The fourth-order valence-corrected chi connectivity index (χ4v) is 2.36. The zero-order chi connectivity index (χ0) is 17.2. The van der Waals surface area contributed by atoms with Gasteiger partial charge in [-0.3, -0.25) is 4.79 Å². The molecule has 0 heterocycles. The van der Waals surface area contributed by atoms with Crippen LogP contribution in [0.2, 0.25) is 0 Å². The van der Waals surface area contributed by atoms with Crippen molar-refractivity contribution in [3.63, 3.8) is 0 Å². The van der Waals surface area contributed by atoms with Gasteiger partial charge in [0.15, 0.2) is 0 Å². The number of esters is 1. The van der Waals surface area contributed by atoms with E-state index in [0.717, 1.165) is 25.7 Å². The summed E-state index contributed by atoms with van der Waals surface area (Å²) in [5, 5.41) is 9.63. The fourth-order valence-electron chi connectivity index (χ4n) is 2.36. The third kappa shape index (κ3) is 17.6. The Morgan fingerprint density at radius 3 is 2.00 bits per heavy atom. The summed E-state index contributed by atoms with van der Waals surface area (Å²) >= 11 is 0. The minimum Gasteiger partial charge on any atom is -0.463 e. The first-order valence-electron chi connectivity index (χ1n) is 9.62. The number of unbranched alkanes of at least 4 members (excludes halogenated alkanes) is 9. The lowest BCUT2D eigenvalue weighted by Gasteiger charge is -2.11. The van der Waals surface area contributed by atoms with Crippen molar-refractivity contribution in [2.75, 3.05) is 19.8 Å². The molecule has 4 nitrogen and oxygen atoms in total. The van der Waals surface area contributed by atoms with E-state index in [-0.39, 0.29) is 19.2 Å². The molecule has 0 aromatic heterocycles. The Morgan fingerprint density at radius 1 is 0.826 bits per heavy atom. The standard InChI is InChI=1S/C19H38O4/c1-3-5-7-8-9-10-11-12-13-14-19(21)23-17-18(20)16-22-15-6-4-2/h18,20H,3-17H2,1-2H3. The number of hydrogen-bond acceptors (Lipinski definition) is 4. The number of ether oxygens (including phenoxy) is 2. The summed E-state index contributed by atoms with van der Waals surface area (Å²) in [5.74, 6) is -0.208. The van der Waals surface area contributed by atoms with Crippen LogP contribution in [0.15, 0.2) is 0 Å². The number of carbonyl (C=O) groups is 1. The maximum atomic E-state index is 11.6. The molecule has 0 amide bonds. The van der Waals surface area contributed by atoms with Crippen molar-refractivity contribution in [3.05, 3.63) is 0 Å². The molecule has 1 unspecified atom stereocenters. The summed E-state index contributed by atoms with van der Waals surface area (Å²) in [6, 6.07) is 0. The number of aliphatic hydroxyl groups is 1. The van der Waals surface area contributed by atoms with Gasteiger partial charge in [-0.1, -0.05) is 71.6 Å². The maximum absolute atomic E-state index is 11.6. The molecule has 23 heavy (non-hydrogen) atoms. The molecule has 0 saturated heterocycles. The second-order valence-corrected chi connectivity index (χ2v) is 6.34. The van der Waals surface area contributed by atoms with Crippen LogP contribution >= 0.6 is 0 Å². The van der Waals surface area contributed by atoms with E-state index in [2.05, 4.69) is 13.8 Å². The maximum Gasteiger partial charge on any atom is 0.305 e. The number of carbonyl (C=O) groups excluding carboxylic acids is 1. The quantitative estimate of drug-likeness (QED) is 0.312. The fraction of sp³-hybridized carbons (Fsp3) is 0.947. The second-order valence-electron chi connectivity index (χ2n) is 6.34. The van der Waals surface area contributed by atoms with Crippen LogP contribution in [0, 0.1) is 0 Å². The first-order chi connectivity index (χ1) is 11.2. The first-order valence-corrected chi connectivity index (χ1v) is 9.62. The van der Waals surface area contributed by atoms with Gasteiger partial charge in [0.05, 0.1) is 6.61 Å². The zero-order valence-corrected chi connectivity index (χ0v) is 15.4. The van der Waals surface area contributed by atoms with Gasteiger partial charge in [0.2, 0.25) is 0 Å². The van der Waals surface area contributed by atoms with Crippen LogP contribution in [-0.2, 0) is 14.3 Å². The first kappa shape index (κ1) is 22.4. The van der Waals surface area contributed by atoms with Gasteiger partial charge in [0.25, 0.3) is 0 Å². The van der Waals surface area contributed by atoms with E-state index in [9.17, 15) is 9.90 Å². The topological polar surface area (TPSA) is 55.8 Å². The summed E-state index contributed by atoms with van der Waals surface area (Å²) in [4.78, 5) is 11.6. The molecule has 0 aromatic carbocycles. The molecule has 0 radical (unpaired) electrons. The van der Waals surface area contributed by atoms with Crippen molar-refractivity contribution in [2.45, 2.75) is 97.0 Å². The molecule has 0 saturated carbocycles. The highest BCUT2D eigenvalue weighted by atomic mass is 16.5. The smallest absolute Gasteiger partial charge is 0.305 e. The molecule has 1 atom stereocenters. The van der Waals surface area contributed by atoms with Crippen LogP contribution in [-0.4, -0.2) is 37.0 Å². The van der Waals surface area contributed by atoms with Crippen molar-refractivity contribution >= 4 is 5.97 Å². The Kier molecular flexibility index (Phi) is 17.3. The molecule has 0 rings (SSSR count). The Hall–Kier alpha value is -0.610. The average molecular weight is 331 g/mol. The van der Waals surface area contributed by atoms with Crippen LogP contribution < -0.4 is 0 Å². The molecular formula is C19H38O4.